The van der Waals surface area contributed by atoms with Gasteiger partial charge in [-0.15, -0.1) is 0 Å². The van der Waals surface area contributed by atoms with Crippen molar-refractivity contribution in [3.05, 3.63) is 29.2 Å². The van der Waals surface area contributed by atoms with E-state index >= 15 is 0 Å². The van der Waals surface area contributed by atoms with E-state index in [1.165, 1.54) is 0 Å². The highest BCUT2D eigenvalue weighted by molar-refractivity contribution is 5.32. The fraction of sp³-hybridized carbons (Fsp3) is 0.111. The zero-order valence-corrected chi connectivity index (χ0v) is 6.67. The number of nitrogens with zero attached hydrogens (tertiary/aromatic N) is 2. The van der Waals surface area contributed by atoms with E-state index in [2.05, 4.69) is 23.1 Å². The third-order valence-electron chi connectivity index (χ3n) is 1.38. The average Bonchev–Trinajstić information content (AvgIpc) is 2.34. The number of imidazole rings is 1. The summed E-state index contributed by atoms with van der Waals surface area (Å²) in [4.78, 5) is 7.03. The molecule has 0 aliphatic rings. The molecule has 0 aliphatic heterocycles. The van der Waals surface area contributed by atoms with Crippen LogP contribution in [-0.2, 0) is 6.42 Å². The van der Waals surface area contributed by atoms with Gasteiger partial charge in [0.2, 0.25) is 0 Å². The van der Waals surface area contributed by atoms with E-state index in [4.69, 9.17) is 5.26 Å². The number of rotatable bonds is 2. The molecule has 0 unspecified atom stereocenters. The van der Waals surface area contributed by atoms with Gasteiger partial charge < -0.3 is 4.98 Å². The molecule has 1 heterocycles. The predicted octanol–water partition coefficient (Wildman–Crippen LogP) is -0.147. The van der Waals surface area contributed by atoms with Crippen LogP contribution in [0.2, 0.25) is 0 Å². The van der Waals surface area contributed by atoms with Gasteiger partial charge in [0.05, 0.1) is 23.2 Å². The van der Waals surface area contributed by atoms with Gasteiger partial charge in [0.25, 0.3) is 0 Å². The molecule has 60 valence electrons. The van der Waals surface area contributed by atoms with Crippen LogP contribution in [0.25, 0.3) is 12.7 Å². The Kier molecular flexibility index (Phi) is 2.44. The van der Waals surface area contributed by atoms with Crippen LogP contribution >= 0.6 is 0 Å². The summed E-state index contributed by atoms with van der Waals surface area (Å²) in [5.74, 6) is 0.649. The third-order valence-corrected chi connectivity index (χ3v) is 1.38. The molecule has 3 nitrogen and oxygen atoms in total. The standard InChI is InChI=1S/C9H9N3/c1-3-4-8-7(2)11-9(12-8)5-6-10/h3-4H,1-2,5H2,(H,11,12)/b8-4+. The average molecular weight is 159 g/mol. The smallest absolute Gasteiger partial charge is 0.121 e. The highest BCUT2D eigenvalue weighted by atomic mass is 14.9. The first-order chi connectivity index (χ1) is 5.77. The minimum Gasteiger partial charge on any atom is -0.342 e. The molecule has 0 aliphatic carbocycles. The second-order valence-electron chi connectivity index (χ2n) is 2.28. The van der Waals surface area contributed by atoms with E-state index < -0.39 is 0 Å². The summed E-state index contributed by atoms with van der Waals surface area (Å²) in [5.41, 5.74) is 0. The summed E-state index contributed by atoms with van der Waals surface area (Å²) < 4.78 is 0. The van der Waals surface area contributed by atoms with Crippen molar-refractivity contribution in [2.75, 3.05) is 0 Å². The summed E-state index contributed by atoms with van der Waals surface area (Å²) in [6.07, 6.45) is 3.67. The Bertz CT molecular complexity index is 420. The van der Waals surface area contributed by atoms with Crippen molar-refractivity contribution >= 4 is 12.7 Å². The number of allylic oxidation sites excluding steroid dienone is 1. The molecule has 0 spiro atoms. The van der Waals surface area contributed by atoms with Crippen LogP contribution in [0.4, 0.5) is 0 Å². The van der Waals surface area contributed by atoms with Gasteiger partial charge in [0, 0.05) is 0 Å². The van der Waals surface area contributed by atoms with Gasteiger partial charge in [-0.1, -0.05) is 19.2 Å². The molecule has 1 N–H and O–H groups in total. The molecule has 0 atom stereocenters. The normalized spacial score (nSPS) is 11.1. The molecule has 0 aromatic carbocycles. The first kappa shape index (κ1) is 8.28. The summed E-state index contributed by atoms with van der Waals surface area (Å²) in [5, 5.41) is 9.86. The van der Waals surface area contributed by atoms with Gasteiger partial charge in [-0.3, -0.25) is 0 Å². The maximum Gasteiger partial charge on any atom is 0.121 e. The second-order valence-corrected chi connectivity index (χ2v) is 2.28. The SMILES string of the molecule is C=C/C=c1/nc(CC#N)[nH]c1=C. The lowest BCUT2D eigenvalue weighted by Gasteiger charge is -1.78. The Labute approximate surface area is 70.4 Å². The van der Waals surface area contributed by atoms with Crippen molar-refractivity contribution < 1.29 is 0 Å². The molecule has 12 heavy (non-hydrogen) atoms. The number of nitriles is 1. The highest BCUT2D eigenvalue weighted by Gasteiger charge is 1.94. The number of H-pyrrole nitrogens is 1. The summed E-state index contributed by atoms with van der Waals surface area (Å²) in [6, 6.07) is 2.01. The fourth-order valence-electron chi connectivity index (χ4n) is 0.887. The van der Waals surface area contributed by atoms with E-state index in [1.54, 1.807) is 12.2 Å². The van der Waals surface area contributed by atoms with E-state index in [0.29, 0.717) is 5.82 Å². The van der Waals surface area contributed by atoms with Gasteiger partial charge in [-0.05, 0) is 6.08 Å². The van der Waals surface area contributed by atoms with Gasteiger partial charge >= 0.3 is 0 Å². The molecule has 3 heteroatoms. The topological polar surface area (TPSA) is 52.5 Å². The van der Waals surface area contributed by atoms with Crippen LogP contribution in [0.3, 0.4) is 0 Å². The largest absolute Gasteiger partial charge is 0.342 e. The molecular formula is C9H9N3. The van der Waals surface area contributed by atoms with Crippen molar-refractivity contribution in [2.45, 2.75) is 6.42 Å². The third kappa shape index (κ3) is 1.61. The molecule has 0 saturated carbocycles. The van der Waals surface area contributed by atoms with Gasteiger partial charge in [0.1, 0.15) is 5.82 Å². The number of hydrogen-bond donors (Lipinski definition) is 1. The summed E-state index contributed by atoms with van der Waals surface area (Å²) in [6.45, 7) is 7.29. The van der Waals surface area contributed by atoms with E-state index in [1.807, 2.05) is 6.07 Å². The maximum absolute atomic E-state index is 8.39. The van der Waals surface area contributed by atoms with Crippen LogP contribution in [-0.4, -0.2) is 9.97 Å². The molecule has 0 bridgehead atoms. The lowest BCUT2D eigenvalue weighted by molar-refractivity contribution is 1.05. The fourth-order valence-corrected chi connectivity index (χ4v) is 0.887. The number of nitrogens with one attached hydrogen (secondary N) is 1. The molecule has 0 fully saturated rings. The van der Waals surface area contributed by atoms with Crippen molar-refractivity contribution in [3.63, 3.8) is 0 Å². The van der Waals surface area contributed by atoms with Gasteiger partial charge in [-0.25, -0.2) is 4.98 Å². The maximum atomic E-state index is 8.39. The zero-order valence-electron chi connectivity index (χ0n) is 6.67. The molecular weight excluding hydrogens is 150 g/mol. The summed E-state index contributed by atoms with van der Waals surface area (Å²) in [7, 11) is 0. The van der Waals surface area contributed by atoms with Crippen molar-refractivity contribution in [3.8, 4) is 6.07 Å². The molecule has 1 aromatic heterocycles. The monoisotopic (exact) mass is 159 g/mol. The highest BCUT2D eigenvalue weighted by Crippen LogP contribution is 1.80. The molecule has 1 rings (SSSR count). The van der Waals surface area contributed by atoms with Crippen LogP contribution in [0.5, 0.6) is 0 Å². The first-order valence-corrected chi connectivity index (χ1v) is 3.51. The molecule has 0 radical (unpaired) electrons. The van der Waals surface area contributed by atoms with E-state index in [-0.39, 0.29) is 6.42 Å². The quantitative estimate of drug-likeness (QED) is 0.652. The molecule has 0 saturated heterocycles. The first-order valence-electron chi connectivity index (χ1n) is 3.51. The lowest BCUT2D eigenvalue weighted by Crippen LogP contribution is -2.21. The van der Waals surface area contributed by atoms with E-state index in [0.717, 1.165) is 10.7 Å². The second kappa shape index (κ2) is 3.54. The van der Waals surface area contributed by atoms with Crippen LogP contribution < -0.4 is 10.7 Å². The number of hydrogen-bond acceptors (Lipinski definition) is 2. The minimum absolute atomic E-state index is 0.285. The number of aromatic amines is 1. The predicted molar refractivity (Wildman–Crippen MR) is 47.3 cm³/mol. The van der Waals surface area contributed by atoms with Crippen molar-refractivity contribution in [2.24, 2.45) is 0 Å². The zero-order chi connectivity index (χ0) is 8.97. The Morgan fingerprint density at radius 2 is 2.42 bits per heavy atom. The minimum atomic E-state index is 0.285. The Balaban J connectivity index is 3.20. The van der Waals surface area contributed by atoms with Crippen LogP contribution in [0.15, 0.2) is 12.7 Å². The van der Waals surface area contributed by atoms with Crippen molar-refractivity contribution in [1.82, 2.24) is 9.97 Å². The number of aromatic nitrogens is 2. The Morgan fingerprint density at radius 1 is 1.67 bits per heavy atom. The van der Waals surface area contributed by atoms with Gasteiger partial charge in [-0.2, -0.15) is 5.26 Å². The van der Waals surface area contributed by atoms with Gasteiger partial charge in [0.15, 0.2) is 0 Å². The van der Waals surface area contributed by atoms with Crippen LogP contribution in [0.1, 0.15) is 5.82 Å². The van der Waals surface area contributed by atoms with Crippen molar-refractivity contribution in [1.29, 1.82) is 5.26 Å². The summed E-state index contributed by atoms with van der Waals surface area (Å²) >= 11 is 0. The Hall–Kier alpha value is -1.82. The van der Waals surface area contributed by atoms with Crippen LogP contribution in [0, 0.1) is 11.3 Å². The van der Waals surface area contributed by atoms with E-state index in [9.17, 15) is 0 Å². The molecule has 0 amide bonds. The molecule has 1 aromatic rings. The Morgan fingerprint density at radius 3 is 3.00 bits per heavy atom. The lowest BCUT2D eigenvalue weighted by atomic mass is 10.4.